The first-order valence-electron chi connectivity index (χ1n) is 12.2. The molecule has 1 amide bonds. The van der Waals surface area contributed by atoms with E-state index in [0.29, 0.717) is 53.9 Å². The number of fused-ring (bicyclic) bond motifs is 2. The summed E-state index contributed by atoms with van der Waals surface area (Å²) in [5, 5.41) is 5.27. The van der Waals surface area contributed by atoms with Crippen LogP contribution in [0.2, 0.25) is 0 Å². The van der Waals surface area contributed by atoms with Crippen molar-refractivity contribution in [3.05, 3.63) is 28.7 Å². The van der Waals surface area contributed by atoms with Crippen molar-refractivity contribution in [2.45, 2.75) is 44.7 Å². The molecule has 0 spiro atoms. The fourth-order valence-electron chi connectivity index (χ4n) is 5.52. The summed E-state index contributed by atoms with van der Waals surface area (Å²) in [6, 6.07) is 4.04. The summed E-state index contributed by atoms with van der Waals surface area (Å²) in [5.41, 5.74) is -0.371. The van der Waals surface area contributed by atoms with Crippen LogP contribution in [0.1, 0.15) is 32.1 Å². The summed E-state index contributed by atoms with van der Waals surface area (Å²) < 4.78 is 17.3. The zero-order chi connectivity index (χ0) is 24.1. The molecule has 2 aliphatic heterocycles. The van der Waals surface area contributed by atoms with Crippen LogP contribution in [0.25, 0.3) is 10.8 Å². The van der Waals surface area contributed by atoms with Crippen molar-refractivity contribution in [1.29, 1.82) is 0 Å². The van der Waals surface area contributed by atoms with Crippen LogP contribution in [-0.2, 0) is 16.1 Å². The minimum atomic E-state index is -0.371. The minimum Gasteiger partial charge on any atom is -0.493 e. The number of rotatable bonds is 9. The molecule has 2 aromatic rings. The van der Waals surface area contributed by atoms with Gasteiger partial charge in [-0.05, 0) is 56.8 Å². The molecule has 2 fully saturated rings. The molecule has 0 aliphatic carbocycles. The lowest BCUT2D eigenvalue weighted by Crippen LogP contribution is -2.52. The van der Waals surface area contributed by atoms with Gasteiger partial charge in [-0.1, -0.05) is 6.42 Å². The third kappa shape index (κ3) is 5.05. The van der Waals surface area contributed by atoms with E-state index in [9.17, 15) is 9.59 Å². The first-order valence-corrected chi connectivity index (χ1v) is 12.2. The lowest BCUT2D eigenvalue weighted by molar-refractivity contribution is -0.134. The number of carbonyl (C=O) groups excluding carboxylic acids is 1. The van der Waals surface area contributed by atoms with Crippen molar-refractivity contribution in [2.75, 3.05) is 54.1 Å². The Morgan fingerprint density at radius 3 is 2.71 bits per heavy atom. The number of methoxy groups -OCH3 is 3. The van der Waals surface area contributed by atoms with E-state index < -0.39 is 0 Å². The van der Waals surface area contributed by atoms with Gasteiger partial charge in [0.05, 0.1) is 32.4 Å². The predicted octanol–water partition coefficient (Wildman–Crippen LogP) is 2.15. The summed E-state index contributed by atoms with van der Waals surface area (Å²) in [5.74, 6) is 1.14. The van der Waals surface area contributed by atoms with Gasteiger partial charge in [-0.2, -0.15) is 5.10 Å². The second kappa shape index (κ2) is 11.2. The molecule has 9 heteroatoms. The van der Waals surface area contributed by atoms with Crippen LogP contribution in [0.5, 0.6) is 11.5 Å². The number of benzene rings is 1. The summed E-state index contributed by atoms with van der Waals surface area (Å²) in [6.07, 6.45) is 7.60. The summed E-state index contributed by atoms with van der Waals surface area (Å²) in [4.78, 5) is 31.2. The third-order valence-electron chi connectivity index (χ3n) is 7.25. The van der Waals surface area contributed by atoms with Crippen molar-refractivity contribution in [1.82, 2.24) is 19.6 Å². The average Bonchev–Trinajstić information content (AvgIpc) is 2.87. The van der Waals surface area contributed by atoms with Crippen LogP contribution < -0.4 is 15.0 Å². The number of hydrogen-bond acceptors (Lipinski definition) is 7. The van der Waals surface area contributed by atoms with Crippen LogP contribution in [0.4, 0.5) is 0 Å². The number of amides is 1. The van der Waals surface area contributed by atoms with Gasteiger partial charge >= 0.3 is 0 Å². The summed E-state index contributed by atoms with van der Waals surface area (Å²) >= 11 is 0. The summed E-state index contributed by atoms with van der Waals surface area (Å²) in [7, 11) is 4.67. The molecule has 2 unspecified atom stereocenters. The molecular formula is C25H36N4O5. The van der Waals surface area contributed by atoms with Gasteiger partial charge in [-0.25, -0.2) is 4.68 Å². The zero-order valence-corrected chi connectivity index (χ0v) is 20.5. The molecule has 0 bridgehead atoms. The lowest BCUT2D eigenvalue weighted by Gasteiger charge is -2.45. The Labute approximate surface area is 200 Å². The Morgan fingerprint density at radius 2 is 1.94 bits per heavy atom. The highest BCUT2D eigenvalue weighted by Crippen LogP contribution is 2.33. The fourth-order valence-corrected chi connectivity index (χ4v) is 5.52. The van der Waals surface area contributed by atoms with E-state index in [-0.39, 0.29) is 18.0 Å². The van der Waals surface area contributed by atoms with Crippen LogP contribution in [0.3, 0.4) is 0 Å². The second-order valence-corrected chi connectivity index (χ2v) is 9.21. The molecule has 3 heterocycles. The number of hydrogen-bond donors (Lipinski definition) is 0. The van der Waals surface area contributed by atoms with Crippen molar-refractivity contribution in [3.63, 3.8) is 0 Å². The van der Waals surface area contributed by atoms with E-state index in [0.717, 1.165) is 19.5 Å². The molecule has 2 saturated heterocycles. The highest BCUT2D eigenvalue weighted by molar-refractivity contribution is 5.89. The van der Waals surface area contributed by atoms with E-state index in [1.54, 1.807) is 25.4 Å². The molecule has 1 aromatic heterocycles. The topological polar surface area (TPSA) is 86.1 Å². The van der Waals surface area contributed by atoms with E-state index in [4.69, 9.17) is 14.2 Å². The number of piperidine rings is 2. The lowest BCUT2D eigenvalue weighted by atomic mass is 9.83. The Bertz CT molecular complexity index is 1050. The normalized spacial score (nSPS) is 20.7. The fraction of sp³-hybridized carbons (Fsp3) is 0.640. The van der Waals surface area contributed by atoms with Gasteiger partial charge in [-0.3, -0.25) is 9.59 Å². The number of aromatic nitrogens is 2. The van der Waals surface area contributed by atoms with E-state index in [2.05, 4.69) is 10.00 Å². The molecule has 9 nitrogen and oxygen atoms in total. The first-order chi connectivity index (χ1) is 16.6. The van der Waals surface area contributed by atoms with Crippen LogP contribution >= 0.6 is 0 Å². The van der Waals surface area contributed by atoms with E-state index in [1.807, 2.05) is 4.90 Å². The molecule has 1 aromatic carbocycles. The Balaban J connectivity index is 1.56. The summed E-state index contributed by atoms with van der Waals surface area (Å²) in [6.45, 7) is 3.84. The van der Waals surface area contributed by atoms with Gasteiger partial charge in [0.15, 0.2) is 11.5 Å². The Morgan fingerprint density at radius 1 is 1.12 bits per heavy atom. The third-order valence-corrected chi connectivity index (χ3v) is 7.25. The first kappa shape index (κ1) is 24.5. The largest absolute Gasteiger partial charge is 0.493 e. The second-order valence-electron chi connectivity index (χ2n) is 9.21. The van der Waals surface area contributed by atoms with Gasteiger partial charge in [0, 0.05) is 31.6 Å². The Hall–Kier alpha value is -2.65. The standard InChI is InChI=1S/C25H36N4O5/c1-32-14-13-28(16-19-7-6-12-27-11-5-4-8-20(19)27)22(30)17-29-25(31)23-18(15-26-29)9-10-21(33-2)24(23)34-3/h9-10,15,19-20H,4-8,11-14,16-17H2,1-3H3. The van der Waals surface area contributed by atoms with Crippen LogP contribution in [0, 0.1) is 5.92 Å². The molecule has 2 aliphatic rings. The molecule has 4 rings (SSSR count). The maximum absolute atomic E-state index is 13.4. The average molecular weight is 473 g/mol. The highest BCUT2D eigenvalue weighted by atomic mass is 16.5. The van der Waals surface area contributed by atoms with Crippen molar-refractivity contribution < 1.29 is 19.0 Å². The SMILES string of the molecule is COCCN(CC1CCCN2CCCCC12)C(=O)Cn1ncc2ccc(OC)c(OC)c2c1=O. The van der Waals surface area contributed by atoms with E-state index in [1.165, 1.54) is 44.6 Å². The van der Waals surface area contributed by atoms with Crippen LogP contribution in [0.15, 0.2) is 23.1 Å². The highest BCUT2D eigenvalue weighted by Gasteiger charge is 2.34. The number of carbonyl (C=O) groups is 1. The van der Waals surface area contributed by atoms with Crippen molar-refractivity contribution >= 4 is 16.7 Å². The van der Waals surface area contributed by atoms with Gasteiger partial charge < -0.3 is 24.0 Å². The smallest absolute Gasteiger partial charge is 0.279 e. The number of ether oxygens (including phenoxy) is 3. The molecule has 0 saturated carbocycles. The molecule has 186 valence electrons. The molecule has 34 heavy (non-hydrogen) atoms. The van der Waals surface area contributed by atoms with Gasteiger partial charge in [0.2, 0.25) is 5.91 Å². The van der Waals surface area contributed by atoms with Crippen LogP contribution in [-0.4, -0.2) is 85.6 Å². The molecule has 2 atom stereocenters. The Kier molecular flexibility index (Phi) is 8.05. The molecular weight excluding hydrogens is 436 g/mol. The van der Waals surface area contributed by atoms with Gasteiger partial charge in [-0.15, -0.1) is 0 Å². The van der Waals surface area contributed by atoms with E-state index >= 15 is 0 Å². The van der Waals surface area contributed by atoms with Gasteiger partial charge in [0.1, 0.15) is 6.54 Å². The van der Waals surface area contributed by atoms with Gasteiger partial charge in [0.25, 0.3) is 5.56 Å². The molecule has 0 N–H and O–H groups in total. The van der Waals surface area contributed by atoms with Crippen molar-refractivity contribution in [2.24, 2.45) is 5.92 Å². The maximum atomic E-state index is 13.4. The quantitative estimate of drug-likeness (QED) is 0.553. The zero-order valence-electron chi connectivity index (χ0n) is 20.5. The maximum Gasteiger partial charge on any atom is 0.279 e. The predicted molar refractivity (Wildman–Crippen MR) is 129 cm³/mol. The van der Waals surface area contributed by atoms with Crippen molar-refractivity contribution in [3.8, 4) is 11.5 Å². The molecule has 0 radical (unpaired) electrons. The monoisotopic (exact) mass is 472 g/mol. The minimum absolute atomic E-state index is 0.124. The number of nitrogens with zero attached hydrogens (tertiary/aromatic N) is 4.